The van der Waals surface area contributed by atoms with Gasteiger partial charge in [0.25, 0.3) is 0 Å². The summed E-state index contributed by atoms with van der Waals surface area (Å²) in [5.74, 6) is -1.72. The van der Waals surface area contributed by atoms with Crippen LogP contribution in [0.5, 0.6) is 5.75 Å². The maximum Gasteiger partial charge on any atom is 0.573 e. The lowest BCUT2D eigenvalue weighted by atomic mass is 9.98. The number of hydrogen-bond acceptors (Lipinski definition) is 5. The zero-order chi connectivity index (χ0) is 22.3. The van der Waals surface area contributed by atoms with Crippen molar-refractivity contribution in [3.05, 3.63) is 53.5 Å². The van der Waals surface area contributed by atoms with E-state index in [-0.39, 0.29) is 33.7 Å². The number of hydrogen-bond donors (Lipinski definition) is 0. The maximum absolute atomic E-state index is 14.3. The van der Waals surface area contributed by atoms with Crippen molar-refractivity contribution >= 4 is 9.84 Å². The van der Waals surface area contributed by atoms with Crippen LogP contribution in [-0.4, -0.2) is 26.2 Å². The maximum atomic E-state index is 14.3. The van der Waals surface area contributed by atoms with Gasteiger partial charge in [-0.2, -0.15) is 0 Å². The number of halogens is 5. The topological polar surface area (TPSA) is 69.4 Å². The van der Waals surface area contributed by atoms with Gasteiger partial charge in [0.1, 0.15) is 22.2 Å². The molecule has 1 aromatic heterocycles. The molecule has 30 heavy (non-hydrogen) atoms. The van der Waals surface area contributed by atoms with Gasteiger partial charge in [0.05, 0.1) is 5.56 Å². The minimum atomic E-state index is -4.87. The van der Waals surface area contributed by atoms with E-state index in [4.69, 9.17) is 4.52 Å². The average Bonchev–Trinajstić information content (AvgIpc) is 3.05. The molecule has 0 N–H and O–H groups in total. The third kappa shape index (κ3) is 4.45. The van der Waals surface area contributed by atoms with Crippen LogP contribution in [0.3, 0.4) is 0 Å². The highest BCUT2D eigenvalue weighted by Crippen LogP contribution is 2.38. The van der Waals surface area contributed by atoms with Crippen molar-refractivity contribution < 1.29 is 39.6 Å². The molecule has 0 unspecified atom stereocenters. The van der Waals surface area contributed by atoms with Crippen molar-refractivity contribution in [2.75, 3.05) is 6.26 Å². The van der Waals surface area contributed by atoms with E-state index in [0.717, 1.165) is 24.5 Å². The zero-order valence-corrected chi connectivity index (χ0v) is 16.4. The first kappa shape index (κ1) is 21.8. The number of aryl methyl sites for hydroxylation is 1. The van der Waals surface area contributed by atoms with Gasteiger partial charge in [-0.3, -0.25) is 0 Å². The Hall–Kier alpha value is -2.95. The van der Waals surface area contributed by atoms with Crippen molar-refractivity contribution in [2.45, 2.75) is 24.9 Å². The predicted octanol–water partition coefficient (Wildman–Crippen LogP) is 5.23. The van der Waals surface area contributed by atoms with Crippen LogP contribution in [0.2, 0.25) is 0 Å². The summed E-state index contributed by atoms with van der Waals surface area (Å²) in [7, 11) is -3.82. The molecule has 0 bridgehead atoms. The minimum Gasteiger partial charge on any atom is -0.406 e. The van der Waals surface area contributed by atoms with Crippen molar-refractivity contribution in [1.29, 1.82) is 0 Å². The van der Waals surface area contributed by atoms with E-state index in [1.807, 2.05) is 0 Å². The van der Waals surface area contributed by atoms with Gasteiger partial charge in [-0.1, -0.05) is 11.2 Å². The Balaban J connectivity index is 2.11. The van der Waals surface area contributed by atoms with Crippen LogP contribution in [-0.2, 0) is 16.5 Å². The van der Waals surface area contributed by atoms with E-state index in [1.54, 1.807) is 0 Å². The average molecular weight is 447 g/mol. The lowest BCUT2D eigenvalue weighted by Crippen LogP contribution is -2.17. The van der Waals surface area contributed by atoms with Gasteiger partial charge in [-0.25, -0.2) is 17.2 Å². The summed E-state index contributed by atoms with van der Waals surface area (Å²) in [6, 6.07) is 6.86. The number of rotatable bonds is 5. The highest BCUT2D eigenvalue weighted by Gasteiger charge is 2.32. The number of sulfone groups is 1. The molecule has 0 atom stereocenters. The Kier molecular flexibility index (Phi) is 5.59. The van der Waals surface area contributed by atoms with Crippen LogP contribution < -0.4 is 4.74 Å². The third-order valence-corrected chi connectivity index (χ3v) is 5.31. The van der Waals surface area contributed by atoms with Crippen LogP contribution in [0.4, 0.5) is 22.0 Å². The molecule has 1 heterocycles. The first-order chi connectivity index (χ1) is 13.9. The predicted molar refractivity (Wildman–Crippen MR) is 96.7 cm³/mol. The summed E-state index contributed by atoms with van der Waals surface area (Å²) in [5.41, 5.74) is 0.598. The fraction of sp³-hybridized carbons (Fsp3) is 0.211. The van der Waals surface area contributed by atoms with Gasteiger partial charge in [0.15, 0.2) is 22.3 Å². The molecule has 0 aliphatic heterocycles. The molecule has 0 fully saturated rings. The standard InChI is InChI=1S/C19H14F5NO4S/c1-10-7-12(3-5-14(10)28-19(22,23)24)18-17(15(9-20)29-25-18)11-4-6-16(13(21)8-11)30(2,26)27/h3-8H,9H2,1-2H3. The molecular weight excluding hydrogens is 433 g/mol. The molecule has 0 spiro atoms. The van der Waals surface area contributed by atoms with Crippen LogP contribution >= 0.6 is 0 Å². The van der Waals surface area contributed by atoms with Gasteiger partial charge in [-0.05, 0) is 48.4 Å². The molecule has 0 amide bonds. The van der Waals surface area contributed by atoms with Crippen LogP contribution in [0.25, 0.3) is 22.4 Å². The molecule has 3 rings (SSSR count). The van der Waals surface area contributed by atoms with Crippen LogP contribution in [0.1, 0.15) is 11.3 Å². The van der Waals surface area contributed by atoms with Crippen molar-refractivity contribution in [3.8, 4) is 28.1 Å². The summed E-state index contributed by atoms with van der Waals surface area (Å²) in [6.45, 7) is 0.285. The molecule has 0 aliphatic rings. The van der Waals surface area contributed by atoms with E-state index in [1.165, 1.54) is 25.1 Å². The molecule has 0 saturated heterocycles. The molecule has 2 aromatic carbocycles. The quantitative estimate of drug-likeness (QED) is 0.501. The van der Waals surface area contributed by atoms with Crippen molar-refractivity contribution in [1.82, 2.24) is 5.16 Å². The second-order valence-corrected chi connectivity index (χ2v) is 8.39. The van der Waals surface area contributed by atoms with Crippen LogP contribution in [0.15, 0.2) is 45.8 Å². The Morgan fingerprint density at radius 2 is 1.77 bits per heavy atom. The van der Waals surface area contributed by atoms with Crippen molar-refractivity contribution in [3.63, 3.8) is 0 Å². The normalized spacial score (nSPS) is 12.2. The van der Waals surface area contributed by atoms with E-state index in [0.29, 0.717) is 0 Å². The molecule has 0 aliphatic carbocycles. The van der Waals surface area contributed by atoms with Gasteiger partial charge >= 0.3 is 6.36 Å². The molecule has 0 saturated carbocycles. The summed E-state index contributed by atoms with van der Waals surface area (Å²) in [4.78, 5) is -0.532. The number of benzene rings is 2. The monoisotopic (exact) mass is 447 g/mol. The van der Waals surface area contributed by atoms with E-state index in [2.05, 4.69) is 9.89 Å². The zero-order valence-electron chi connectivity index (χ0n) is 15.5. The minimum absolute atomic E-state index is 0.0517. The highest BCUT2D eigenvalue weighted by molar-refractivity contribution is 7.90. The summed E-state index contributed by atoms with van der Waals surface area (Å²) in [6.07, 6.45) is -4.03. The van der Waals surface area contributed by atoms with E-state index in [9.17, 15) is 30.4 Å². The molecule has 0 radical (unpaired) electrons. The van der Waals surface area contributed by atoms with E-state index < -0.39 is 39.3 Å². The number of aromatic nitrogens is 1. The number of ether oxygens (including phenoxy) is 1. The Morgan fingerprint density at radius 3 is 2.30 bits per heavy atom. The van der Waals surface area contributed by atoms with Gasteiger partial charge in [-0.15, -0.1) is 13.2 Å². The Bertz CT molecular complexity index is 1200. The SMILES string of the molecule is Cc1cc(-c2noc(CF)c2-c2ccc(S(C)(=O)=O)c(F)c2)ccc1OC(F)(F)F. The summed E-state index contributed by atoms with van der Waals surface area (Å²) in [5, 5.41) is 3.76. The molecule has 5 nitrogen and oxygen atoms in total. The largest absolute Gasteiger partial charge is 0.573 e. The smallest absolute Gasteiger partial charge is 0.406 e. The molecule has 160 valence electrons. The third-order valence-electron chi connectivity index (χ3n) is 4.18. The second kappa shape index (κ2) is 7.71. The van der Waals surface area contributed by atoms with Gasteiger partial charge in [0.2, 0.25) is 0 Å². The second-order valence-electron chi connectivity index (χ2n) is 6.41. The molecule has 3 aromatic rings. The highest BCUT2D eigenvalue weighted by atomic mass is 32.2. The first-order valence-electron chi connectivity index (χ1n) is 8.32. The Morgan fingerprint density at radius 1 is 1.10 bits per heavy atom. The lowest BCUT2D eigenvalue weighted by molar-refractivity contribution is -0.274. The molecular formula is C19H14F5NO4S. The van der Waals surface area contributed by atoms with Crippen molar-refractivity contribution in [2.24, 2.45) is 0 Å². The fourth-order valence-corrected chi connectivity index (χ4v) is 3.63. The fourth-order valence-electron chi connectivity index (χ4n) is 2.90. The lowest BCUT2D eigenvalue weighted by Gasteiger charge is -2.12. The van der Waals surface area contributed by atoms with Crippen LogP contribution in [0, 0.1) is 12.7 Å². The summed E-state index contributed by atoms with van der Waals surface area (Å²) < 4.78 is 97.3. The number of nitrogens with zero attached hydrogens (tertiary/aromatic N) is 1. The summed E-state index contributed by atoms with van der Waals surface area (Å²) >= 11 is 0. The van der Waals surface area contributed by atoms with Gasteiger partial charge < -0.3 is 9.26 Å². The Labute approximate surface area is 168 Å². The first-order valence-corrected chi connectivity index (χ1v) is 10.2. The van der Waals surface area contributed by atoms with E-state index >= 15 is 0 Å². The number of alkyl halides is 4. The van der Waals surface area contributed by atoms with Gasteiger partial charge in [0, 0.05) is 11.8 Å². The molecule has 11 heteroatoms.